The van der Waals surface area contributed by atoms with Crippen LogP contribution in [0.4, 0.5) is 14.5 Å². The molecule has 1 aliphatic heterocycles. The summed E-state index contributed by atoms with van der Waals surface area (Å²) in [5.74, 6) is -1.12. The fourth-order valence-corrected chi connectivity index (χ4v) is 4.15. The standard InChI is InChI=1S/C17H15F2NO4/c1-23-11-5-4-10(7-12(11)24-17(18)19)20-15(21)13-8-2-3-9(6-8)14(13)16(20)22/h2-5,7-9,13-14,17H,6H2,1H3/t8-,9-,13-,14-/m0/s1. The number of hydrogen-bond donors (Lipinski definition) is 0. The molecule has 24 heavy (non-hydrogen) atoms. The Bertz CT molecular complexity index is 718. The van der Waals surface area contributed by atoms with Gasteiger partial charge in [-0.15, -0.1) is 0 Å². The molecule has 2 bridgehead atoms. The van der Waals surface area contributed by atoms with Crippen molar-refractivity contribution < 1.29 is 27.8 Å². The fourth-order valence-electron chi connectivity index (χ4n) is 4.15. The van der Waals surface area contributed by atoms with Crippen LogP contribution in [-0.4, -0.2) is 25.5 Å². The summed E-state index contributed by atoms with van der Waals surface area (Å²) < 4.78 is 34.5. The van der Waals surface area contributed by atoms with Gasteiger partial charge in [0.1, 0.15) is 0 Å². The summed E-state index contributed by atoms with van der Waals surface area (Å²) in [4.78, 5) is 26.5. The molecule has 0 N–H and O–H groups in total. The van der Waals surface area contributed by atoms with Crippen molar-refractivity contribution in [3.8, 4) is 11.5 Å². The van der Waals surface area contributed by atoms with Gasteiger partial charge in [0, 0.05) is 6.07 Å². The van der Waals surface area contributed by atoms with Gasteiger partial charge in [-0.05, 0) is 30.4 Å². The Kier molecular flexibility index (Phi) is 3.33. The van der Waals surface area contributed by atoms with Crippen LogP contribution in [0.2, 0.25) is 0 Å². The SMILES string of the molecule is COc1ccc(N2C(=O)[C@@H]3[C@@H](C2=O)[C@H]2C=C[C@H]3C2)cc1OC(F)F. The van der Waals surface area contributed by atoms with Gasteiger partial charge in [0.15, 0.2) is 11.5 Å². The maximum Gasteiger partial charge on any atom is 0.387 e. The van der Waals surface area contributed by atoms with Crippen LogP contribution in [0.15, 0.2) is 30.4 Å². The lowest BCUT2D eigenvalue weighted by Gasteiger charge is -2.19. The van der Waals surface area contributed by atoms with Gasteiger partial charge in [-0.3, -0.25) is 9.59 Å². The predicted octanol–water partition coefficient (Wildman–Crippen LogP) is 2.61. The molecule has 4 rings (SSSR count). The van der Waals surface area contributed by atoms with E-state index in [9.17, 15) is 18.4 Å². The van der Waals surface area contributed by atoms with E-state index < -0.39 is 6.61 Å². The van der Waals surface area contributed by atoms with E-state index in [1.807, 2.05) is 12.2 Å². The molecule has 0 spiro atoms. The molecular formula is C17H15F2NO4. The molecule has 2 amide bonds. The summed E-state index contributed by atoms with van der Waals surface area (Å²) in [6.07, 6.45) is 4.84. The Hall–Kier alpha value is -2.44. The van der Waals surface area contributed by atoms with E-state index in [1.165, 1.54) is 25.3 Å². The number of alkyl halides is 2. The molecule has 1 heterocycles. The second kappa shape index (κ2) is 5.29. The first-order valence-corrected chi connectivity index (χ1v) is 7.70. The molecule has 3 aliphatic rings. The van der Waals surface area contributed by atoms with Gasteiger partial charge in [0.05, 0.1) is 24.6 Å². The molecule has 2 aliphatic carbocycles. The van der Waals surface area contributed by atoms with Crippen LogP contribution in [0, 0.1) is 23.7 Å². The zero-order chi connectivity index (χ0) is 17.0. The third-order valence-electron chi connectivity index (χ3n) is 5.09. The van der Waals surface area contributed by atoms with Crippen LogP contribution < -0.4 is 14.4 Å². The highest BCUT2D eigenvalue weighted by molar-refractivity contribution is 6.22. The van der Waals surface area contributed by atoms with Gasteiger partial charge < -0.3 is 9.47 Å². The minimum Gasteiger partial charge on any atom is -0.493 e. The molecule has 0 unspecified atom stereocenters. The monoisotopic (exact) mass is 335 g/mol. The van der Waals surface area contributed by atoms with Crippen LogP contribution in [0.1, 0.15) is 6.42 Å². The number of imide groups is 1. The topological polar surface area (TPSA) is 55.8 Å². The average Bonchev–Trinajstić information content (AvgIpc) is 3.21. The van der Waals surface area contributed by atoms with E-state index in [0.29, 0.717) is 0 Å². The number of carbonyl (C=O) groups excluding carboxylic acids is 2. The summed E-state index contributed by atoms with van der Waals surface area (Å²) in [6, 6.07) is 4.16. The molecular weight excluding hydrogens is 320 g/mol. The van der Waals surface area contributed by atoms with E-state index >= 15 is 0 Å². The first-order valence-electron chi connectivity index (χ1n) is 7.70. The Balaban J connectivity index is 1.69. The average molecular weight is 335 g/mol. The van der Waals surface area contributed by atoms with Gasteiger partial charge in [0.25, 0.3) is 0 Å². The number of ether oxygens (including phenoxy) is 2. The van der Waals surface area contributed by atoms with Crippen LogP contribution >= 0.6 is 0 Å². The number of methoxy groups -OCH3 is 1. The van der Waals surface area contributed by atoms with Crippen LogP contribution in [0.25, 0.3) is 0 Å². The van der Waals surface area contributed by atoms with E-state index in [0.717, 1.165) is 11.3 Å². The van der Waals surface area contributed by atoms with E-state index in [2.05, 4.69) is 4.74 Å². The highest BCUT2D eigenvalue weighted by atomic mass is 19.3. The number of anilines is 1. The maximum absolute atomic E-state index is 12.7. The molecule has 0 aromatic heterocycles. The lowest BCUT2D eigenvalue weighted by Crippen LogP contribution is -2.32. The molecule has 7 heteroatoms. The minimum atomic E-state index is -3.03. The smallest absolute Gasteiger partial charge is 0.387 e. The third kappa shape index (κ3) is 2.03. The van der Waals surface area contributed by atoms with Gasteiger partial charge in [-0.2, -0.15) is 8.78 Å². The van der Waals surface area contributed by atoms with Crippen LogP contribution in [-0.2, 0) is 9.59 Å². The number of fused-ring (bicyclic) bond motifs is 5. The number of benzene rings is 1. The summed E-state index contributed by atoms with van der Waals surface area (Å²) in [6.45, 7) is -3.03. The Morgan fingerprint density at radius 2 is 1.71 bits per heavy atom. The summed E-state index contributed by atoms with van der Waals surface area (Å²) in [5, 5.41) is 0. The molecule has 1 aromatic carbocycles. The zero-order valence-corrected chi connectivity index (χ0v) is 12.8. The molecule has 126 valence electrons. The van der Waals surface area contributed by atoms with E-state index in [1.54, 1.807) is 0 Å². The molecule has 4 atom stereocenters. The lowest BCUT2D eigenvalue weighted by molar-refractivity contribution is -0.123. The van der Waals surface area contributed by atoms with E-state index in [-0.39, 0.29) is 52.7 Å². The predicted molar refractivity (Wildman–Crippen MR) is 79.8 cm³/mol. The Morgan fingerprint density at radius 1 is 1.08 bits per heavy atom. The van der Waals surface area contributed by atoms with Crippen molar-refractivity contribution in [3.63, 3.8) is 0 Å². The summed E-state index contributed by atoms with van der Waals surface area (Å²) in [7, 11) is 1.33. The highest BCUT2D eigenvalue weighted by Gasteiger charge is 2.59. The van der Waals surface area contributed by atoms with Crippen molar-refractivity contribution in [3.05, 3.63) is 30.4 Å². The number of amides is 2. The van der Waals surface area contributed by atoms with Crippen molar-refractivity contribution in [1.29, 1.82) is 0 Å². The van der Waals surface area contributed by atoms with Crippen molar-refractivity contribution in [2.24, 2.45) is 23.7 Å². The second-order valence-corrected chi connectivity index (χ2v) is 6.23. The largest absolute Gasteiger partial charge is 0.493 e. The molecule has 1 saturated heterocycles. The Labute approximate surface area is 136 Å². The van der Waals surface area contributed by atoms with Gasteiger partial charge >= 0.3 is 6.61 Å². The fraction of sp³-hybridized carbons (Fsp3) is 0.412. The van der Waals surface area contributed by atoms with Gasteiger partial charge in [-0.25, -0.2) is 4.90 Å². The normalized spacial score (nSPS) is 30.4. The minimum absolute atomic E-state index is 0.0940. The first-order chi connectivity index (χ1) is 11.5. The van der Waals surface area contributed by atoms with Gasteiger partial charge in [-0.1, -0.05) is 12.2 Å². The highest BCUT2D eigenvalue weighted by Crippen LogP contribution is 2.53. The summed E-state index contributed by atoms with van der Waals surface area (Å²) in [5.41, 5.74) is 0.232. The van der Waals surface area contributed by atoms with Crippen LogP contribution in [0.5, 0.6) is 11.5 Å². The number of carbonyl (C=O) groups is 2. The summed E-state index contributed by atoms with van der Waals surface area (Å²) >= 11 is 0. The molecule has 1 saturated carbocycles. The van der Waals surface area contributed by atoms with Crippen LogP contribution in [0.3, 0.4) is 0 Å². The zero-order valence-electron chi connectivity index (χ0n) is 12.8. The number of rotatable bonds is 4. The first kappa shape index (κ1) is 15.1. The Morgan fingerprint density at radius 3 is 2.25 bits per heavy atom. The second-order valence-electron chi connectivity index (χ2n) is 6.23. The molecule has 2 fully saturated rings. The molecule has 5 nitrogen and oxygen atoms in total. The van der Waals surface area contributed by atoms with Crippen molar-refractivity contribution in [1.82, 2.24) is 0 Å². The maximum atomic E-state index is 12.7. The molecule has 1 aromatic rings. The number of nitrogens with zero attached hydrogens (tertiary/aromatic N) is 1. The van der Waals surface area contributed by atoms with E-state index in [4.69, 9.17) is 4.74 Å². The number of hydrogen-bond acceptors (Lipinski definition) is 4. The lowest BCUT2D eigenvalue weighted by atomic mass is 9.85. The number of allylic oxidation sites excluding steroid dienone is 2. The molecule has 0 radical (unpaired) electrons. The van der Waals surface area contributed by atoms with Crippen molar-refractivity contribution in [2.75, 3.05) is 12.0 Å². The van der Waals surface area contributed by atoms with Crippen molar-refractivity contribution >= 4 is 17.5 Å². The van der Waals surface area contributed by atoms with Gasteiger partial charge in [0.2, 0.25) is 11.8 Å². The quantitative estimate of drug-likeness (QED) is 0.627. The van der Waals surface area contributed by atoms with Crippen molar-refractivity contribution in [2.45, 2.75) is 13.0 Å². The third-order valence-corrected chi connectivity index (χ3v) is 5.09. The number of halogens is 2.